The molecular weight excluding hydrogens is 509 g/mol. The lowest BCUT2D eigenvalue weighted by atomic mass is 9.95. The third-order valence-electron chi connectivity index (χ3n) is 5.48. The second-order valence-electron chi connectivity index (χ2n) is 8.30. The zero-order valence-electron chi connectivity index (χ0n) is 19.8. The highest BCUT2D eigenvalue weighted by Gasteiger charge is 2.33. The molecule has 4 aromatic rings. The fourth-order valence-electron chi connectivity index (χ4n) is 3.63. The number of hydrogen-bond donors (Lipinski definition) is 3. The highest BCUT2D eigenvalue weighted by molar-refractivity contribution is 7.15. The Kier molecular flexibility index (Phi) is 6.89. The number of alkyl halides is 3. The fraction of sp³-hybridized carbons (Fsp3) is 0.200. The first kappa shape index (κ1) is 26.0. The quantitative estimate of drug-likeness (QED) is 0.281. The second kappa shape index (κ2) is 9.79. The zero-order chi connectivity index (χ0) is 27.0. The Labute approximate surface area is 213 Å². The van der Waals surface area contributed by atoms with Crippen LogP contribution >= 0.6 is 11.3 Å². The van der Waals surface area contributed by atoms with Crippen molar-refractivity contribution >= 4 is 28.9 Å². The summed E-state index contributed by atoms with van der Waals surface area (Å²) in [5, 5.41) is 23.8. The van der Waals surface area contributed by atoms with Gasteiger partial charge in [-0.3, -0.25) is 0 Å². The van der Waals surface area contributed by atoms with E-state index in [2.05, 4.69) is 20.3 Å². The first-order valence-corrected chi connectivity index (χ1v) is 11.6. The average Bonchev–Trinajstić information content (AvgIpc) is 3.34. The summed E-state index contributed by atoms with van der Waals surface area (Å²) in [6, 6.07) is 10.4. The standard InChI is InChI=1S/C25H21F3N4O4S/c1-13-8-14(10-16(9-13)31-23-29-7-6-20(32-23)25(26,27)28)19-12-30-22(37-19)24(2,35)15-4-5-17(21(33)34)18(11-15)36-3/h4-12,35H,1-3H3,(H,33,34)(H,29,31,32)/t24-/m1/s1. The Morgan fingerprint density at radius 1 is 1.11 bits per heavy atom. The minimum absolute atomic E-state index is 0.0357. The SMILES string of the molecule is COc1cc([C@@](C)(O)c2ncc(-c3cc(C)cc(Nc4nccc(C(F)(F)F)n4)c3)s2)ccc1C(=O)O. The molecule has 0 radical (unpaired) electrons. The van der Waals surface area contributed by atoms with E-state index in [-0.39, 0.29) is 17.3 Å². The molecule has 12 heteroatoms. The highest BCUT2D eigenvalue weighted by Crippen LogP contribution is 2.38. The van der Waals surface area contributed by atoms with E-state index >= 15 is 0 Å². The van der Waals surface area contributed by atoms with Crippen molar-refractivity contribution in [1.82, 2.24) is 15.0 Å². The van der Waals surface area contributed by atoms with E-state index in [0.29, 0.717) is 26.7 Å². The van der Waals surface area contributed by atoms with Crippen LogP contribution in [-0.2, 0) is 11.8 Å². The van der Waals surface area contributed by atoms with Crippen LogP contribution in [0.2, 0.25) is 0 Å². The number of benzene rings is 2. The van der Waals surface area contributed by atoms with Gasteiger partial charge in [-0.05, 0) is 60.9 Å². The fourth-order valence-corrected chi connectivity index (χ4v) is 4.60. The Morgan fingerprint density at radius 3 is 2.54 bits per heavy atom. The first-order chi connectivity index (χ1) is 17.4. The number of carboxylic acids is 1. The monoisotopic (exact) mass is 530 g/mol. The molecule has 2 aromatic carbocycles. The first-order valence-electron chi connectivity index (χ1n) is 10.8. The van der Waals surface area contributed by atoms with Gasteiger partial charge >= 0.3 is 12.1 Å². The number of thiazole rings is 1. The van der Waals surface area contributed by atoms with Crippen molar-refractivity contribution in [2.24, 2.45) is 0 Å². The van der Waals surface area contributed by atoms with E-state index in [4.69, 9.17) is 4.74 Å². The van der Waals surface area contributed by atoms with Crippen molar-refractivity contribution in [2.75, 3.05) is 12.4 Å². The van der Waals surface area contributed by atoms with E-state index in [9.17, 15) is 28.2 Å². The molecule has 0 aliphatic rings. The zero-order valence-corrected chi connectivity index (χ0v) is 20.6. The van der Waals surface area contributed by atoms with Gasteiger partial charge in [0.15, 0.2) is 0 Å². The van der Waals surface area contributed by atoms with Crippen molar-refractivity contribution in [3.8, 4) is 16.2 Å². The molecule has 3 N–H and O–H groups in total. The summed E-state index contributed by atoms with van der Waals surface area (Å²) in [7, 11) is 1.34. The maximum absolute atomic E-state index is 13.0. The van der Waals surface area contributed by atoms with Crippen LogP contribution in [0.3, 0.4) is 0 Å². The third-order valence-corrected chi connectivity index (χ3v) is 6.74. The molecule has 0 saturated carbocycles. The molecule has 4 rings (SSSR count). The molecule has 2 aromatic heterocycles. The van der Waals surface area contributed by atoms with Crippen LogP contribution in [0.5, 0.6) is 5.75 Å². The van der Waals surface area contributed by atoms with E-state index in [1.54, 1.807) is 25.3 Å². The molecule has 0 fully saturated rings. The van der Waals surface area contributed by atoms with Crippen LogP contribution in [0.4, 0.5) is 24.8 Å². The molecule has 0 amide bonds. The van der Waals surface area contributed by atoms with Crippen molar-refractivity contribution < 1.29 is 32.9 Å². The summed E-state index contributed by atoms with van der Waals surface area (Å²) in [6.45, 7) is 3.37. The van der Waals surface area contributed by atoms with Gasteiger partial charge in [-0.2, -0.15) is 13.2 Å². The van der Waals surface area contributed by atoms with Gasteiger partial charge in [0.05, 0.1) is 12.0 Å². The molecule has 0 aliphatic heterocycles. The van der Waals surface area contributed by atoms with Crippen LogP contribution in [0, 0.1) is 6.92 Å². The van der Waals surface area contributed by atoms with Gasteiger partial charge in [0.1, 0.15) is 27.6 Å². The summed E-state index contributed by atoms with van der Waals surface area (Å²) in [4.78, 5) is 23.9. The predicted octanol–water partition coefficient (Wildman–Crippen LogP) is 5.63. The normalized spacial score (nSPS) is 13.2. The number of rotatable bonds is 7. The van der Waals surface area contributed by atoms with Gasteiger partial charge in [-0.1, -0.05) is 12.1 Å². The largest absolute Gasteiger partial charge is 0.496 e. The van der Waals surface area contributed by atoms with E-state index in [1.165, 1.54) is 36.6 Å². The van der Waals surface area contributed by atoms with Crippen molar-refractivity contribution in [3.05, 3.63) is 82.3 Å². The van der Waals surface area contributed by atoms with Crippen LogP contribution in [-0.4, -0.2) is 38.2 Å². The number of carboxylic acid groups (broad SMARTS) is 1. The minimum atomic E-state index is -4.59. The van der Waals surface area contributed by atoms with Crippen LogP contribution in [0.25, 0.3) is 10.4 Å². The Hall–Kier alpha value is -4.03. The molecule has 8 nitrogen and oxygen atoms in total. The summed E-state index contributed by atoms with van der Waals surface area (Å²) in [5.41, 5.74) is -0.236. The number of halogens is 3. The molecule has 0 bridgehead atoms. The molecule has 0 aliphatic carbocycles. The average molecular weight is 531 g/mol. The number of aryl methyl sites for hydroxylation is 1. The number of carbonyl (C=O) groups is 1. The molecule has 0 unspecified atom stereocenters. The van der Waals surface area contributed by atoms with Crippen molar-refractivity contribution in [3.63, 3.8) is 0 Å². The number of nitrogens with one attached hydrogen (secondary N) is 1. The maximum Gasteiger partial charge on any atom is 0.433 e. The lowest BCUT2D eigenvalue weighted by molar-refractivity contribution is -0.141. The van der Waals surface area contributed by atoms with Crippen LogP contribution in [0.15, 0.2) is 54.9 Å². The molecular formula is C25H21F3N4O4S. The summed E-state index contributed by atoms with van der Waals surface area (Å²) >= 11 is 1.22. The number of aromatic carboxylic acids is 1. The van der Waals surface area contributed by atoms with Gasteiger partial charge < -0.3 is 20.3 Å². The number of aliphatic hydroxyl groups is 1. The van der Waals surface area contributed by atoms with E-state index in [1.807, 2.05) is 13.0 Å². The Bertz CT molecular complexity index is 1470. The van der Waals surface area contributed by atoms with Crippen molar-refractivity contribution in [1.29, 1.82) is 0 Å². The highest BCUT2D eigenvalue weighted by atomic mass is 32.1. The van der Waals surface area contributed by atoms with Crippen LogP contribution < -0.4 is 10.1 Å². The number of anilines is 2. The maximum atomic E-state index is 13.0. The molecule has 0 saturated heterocycles. The second-order valence-corrected chi connectivity index (χ2v) is 9.33. The summed E-state index contributed by atoms with van der Waals surface area (Å²) in [5.74, 6) is -1.25. The predicted molar refractivity (Wildman–Crippen MR) is 131 cm³/mol. The van der Waals surface area contributed by atoms with Gasteiger partial charge in [-0.25, -0.2) is 19.7 Å². The smallest absolute Gasteiger partial charge is 0.433 e. The molecule has 2 heterocycles. The Balaban J connectivity index is 1.64. The molecule has 1 atom stereocenters. The number of methoxy groups -OCH3 is 1. The molecule has 192 valence electrons. The number of hydrogen-bond acceptors (Lipinski definition) is 8. The van der Waals surface area contributed by atoms with Gasteiger partial charge in [-0.15, -0.1) is 11.3 Å². The van der Waals surface area contributed by atoms with Crippen molar-refractivity contribution in [2.45, 2.75) is 25.6 Å². The molecule has 0 spiro atoms. The van der Waals surface area contributed by atoms with E-state index < -0.39 is 23.4 Å². The van der Waals surface area contributed by atoms with Gasteiger partial charge in [0, 0.05) is 18.1 Å². The molecule has 37 heavy (non-hydrogen) atoms. The third kappa shape index (κ3) is 5.54. The van der Waals surface area contributed by atoms with Gasteiger partial charge in [0.2, 0.25) is 5.95 Å². The lowest BCUT2D eigenvalue weighted by Gasteiger charge is -2.22. The van der Waals surface area contributed by atoms with E-state index in [0.717, 1.165) is 17.8 Å². The summed E-state index contributed by atoms with van der Waals surface area (Å²) < 4.78 is 44.2. The topological polar surface area (TPSA) is 117 Å². The lowest BCUT2D eigenvalue weighted by Crippen LogP contribution is -2.22. The number of nitrogens with zero attached hydrogens (tertiary/aromatic N) is 3. The Morgan fingerprint density at radius 2 is 1.86 bits per heavy atom. The number of aromatic nitrogens is 3. The summed E-state index contributed by atoms with van der Waals surface area (Å²) in [6.07, 6.45) is -1.98. The van der Waals surface area contributed by atoms with Gasteiger partial charge in [0.25, 0.3) is 0 Å². The van der Waals surface area contributed by atoms with Crippen LogP contribution in [0.1, 0.15) is 39.1 Å². The minimum Gasteiger partial charge on any atom is -0.496 e. The number of ether oxygens (including phenoxy) is 1.